The van der Waals surface area contributed by atoms with E-state index in [0.29, 0.717) is 33.5 Å². The number of carbonyl (C=O) groups excluding carboxylic acids is 2. The van der Waals surface area contributed by atoms with Gasteiger partial charge in [-0.2, -0.15) is 0 Å². The number of imide groups is 1. The maximum Gasteiger partial charge on any atom is 0.371 e. The minimum absolute atomic E-state index is 0.0467. The van der Waals surface area contributed by atoms with E-state index in [0.717, 1.165) is 15.8 Å². The number of nitrogens with zero attached hydrogens (tertiary/aromatic N) is 2. The van der Waals surface area contributed by atoms with E-state index in [2.05, 4.69) is 5.32 Å². The Morgan fingerprint density at radius 2 is 1.83 bits per heavy atom. The molecule has 0 saturated carbocycles. The van der Waals surface area contributed by atoms with Gasteiger partial charge in [0, 0.05) is 22.7 Å². The number of carboxylic acid groups (broad SMARTS) is 1. The normalized spacial score (nSPS) is 14.8. The van der Waals surface area contributed by atoms with E-state index in [1.54, 1.807) is 30.3 Å². The molecule has 3 heterocycles. The highest BCUT2D eigenvalue weighted by molar-refractivity contribution is 6.42. The first-order valence-corrected chi connectivity index (χ1v) is 11.2. The van der Waals surface area contributed by atoms with Crippen molar-refractivity contribution in [2.75, 3.05) is 0 Å². The van der Waals surface area contributed by atoms with Gasteiger partial charge in [0.15, 0.2) is 0 Å². The standard InChI is InChI=1S/C25H17Cl2N3O5/c26-18-7-5-14(9-19(18)27)11-30-23(31)20(28-25(30)34)10-15-12-29(21-4-2-1-3-17(15)21)13-16-6-8-22(35-16)24(32)33/h1-10,12H,11,13H2,(H,28,34)(H,32,33)/b20-10-. The van der Waals surface area contributed by atoms with E-state index in [-0.39, 0.29) is 18.0 Å². The molecular weight excluding hydrogens is 493 g/mol. The summed E-state index contributed by atoms with van der Waals surface area (Å²) < 4.78 is 7.28. The molecule has 0 spiro atoms. The fourth-order valence-electron chi connectivity index (χ4n) is 3.96. The number of aromatic carboxylic acids is 1. The maximum atomic E-state index is 13.0. The summed E-state index contributed by atoms with van der Waals surface area (Å²) in [5, 5.41) is 13.3. The van der Waals surface area contributed by atoms with Crippen LogP contribution in [-0.4, -0.2) is 32.5 Å². The van der Waals surface area contributed by atoms with Crippen molar-refractivity contribution in [1.82, 2.24) is 14.8 Å². The molecule has 176 valence electrons. The number of carbonyl (C=O) groups is 3. The molecular formula is C25H17Cl2N3O5. The number of urea groups is 1. The Labute approximate surface area is 208 Å². The molecule has 1 fully saturated rings. The lowest BCUT2D eigenvalue weighted by Crippen LogP contribution is -2.30. The first kappa shape index (κ1) is 22.8. The highest BCUT2D eigenvalue weighted by Gasteiger charge is 2.33. The van der Waals surface area contributed by atoms with Gasteiger partial charge in [0.05, 0.1) is 23.1 Å². The molecule has 8 nitrogen and oxygen atoms in total. The predicted molar refractivity (Wildman–Crippen MR) is 130 cm³/mol. The van der Waals surface area contributed by atoms with Crippen LogP contribution < -0.4 is 5.32 Å². The average molecular weight is 510 g/mol. The number of hydrogen-bond donors (Lipinski definition) is 2. The molecule has 5 rings (SSSR count). The number of fused-ring (bicyclic) bond motifs is 1. The minimum Gasteiger partial charge on any atom is -0.475 e. The molecule has 10 heteroatoms. The number of halogens is 2. The molecule has 0 unspecified atom stereocenters. The van der Waals surface area contributed by atoms with Crippen LogP contribution in [0, 0.1) is 0 Å². The fraction of sp³-hybridized carbons (Fsp3) is 0.0800. The van der Waals surface area contributed by atoms with Gasteiger partial charge in [-0.05, 0) is 42.0 Å². The summed E-state index contributed by atoms with van der Waals surface area (Å²) in [6.07, 6.45) is 3.44. The number of aromatic nitrogens is 1. The largest absolute Gasteiger partial charge is 0.475 e. The smallest absolute Gasteiger partial charge is 0.371 e. The zero-order valence-electron chi connectivity index (χ0n) is 18.0. The zero-order valence-corrected chi connectivity index (χ0v) is 19.5. The Morgan fingerprint density at radius 1 is 1.03 bits per heavy atom. The van der Waals surface area contributed by atoms with Crippen molar-refractivity contribution in [2.24, 2.45) is 0 Å². The van der Waals surface area contributed by atoms with E-state index >= 15 is 0 Å². The number of para-hydroxylation sites is 1. The molecule has 0 aliphatic carbocycles. The Morgan fingerprint density at radius 3 is 2.57 bits per heavy atom. The number of carboxylic acids is 1. The Kier molecular flexibility index (Phi) is 5.84. The van der Waals surface area contributed by atoms with E-state index in [4.69, 9.17) is 32.7 Å². The first-order chi connectivity index (χ1) is 16.8. The lowest BCUT2D eigenvalue weighted by atomic mass is 10.1. The number of furan rings is 1. The topological polar surface area (TPSA) is 105 Å². The number of nitrogens with one attached hydrogen (secondary N) is 1. The van der Waals surface area contributed by atoms with Crippen molar-refractivity contribution >= 4 is 58.1 Å². The lowest BCUT2D eigenvalue weighted by Gasteiger charge is -2.12. The maximum absolute atomic E-state index is 13.0. The number of amides is 3. The Balaban J connectivity index is 1.44. The highest BCUT2D eigenvalue weighted by Crippen LogP contribution is 2.27. The third kappa shape index (κ3) is 4.41. The van der Waals surface area contributed by atoms with Crippen LogP contribution in [0.2, 0.25) is 10.0 Å². The van der Waals surface area contributed by atoms with Crippen LogP contribution in [0.4, 0.5) is 4.79 Å². The zero-order chi connectivity index (χ0) is 24.7. The lowest BCUT2D eigenvalue weighted by molar-refractivity contribution is -0.123. The van der Waals surface area contributed by atoms with Crippen molar-refractivity contribution in [3.63, 3.8) is 0 Å². The minimum atomic E-state index is -1.14. The van der Waals surface area contributed by atoms with Gasteiger partial charge in [-0.1, -0.05) is 47.5 Å². The van der Waals surface area contributed by atoms with Gasteiger partial charge in [-0.25, -0.2) is 9.59 Å². The van der Waals surface area contributed by atoms with Crippen molar-refractivity contribution < 1.29 is 23.9 Å². The molecule has 1 aliphatic rings. The van der Waals surface area contributed by atoms with E-state index in [1.807, 2.05) is 35.0 Å². The molecule has 1 saturated heterocycles. The first-order valence-electron chi connectivity index (χ1n) is 10.5. The SMILES string of the molecule is O=C(O)c1ccc(Cn2cc(/C=C3\NC(=O)N(Cc4ccc(Cl)c(Cl)c4)C3=O)c3ccccc32)o1. The second kappa shape index (κ2) is 8.98. The number of rotatable bonds is 6. The predicted octanol–water partition coefficient (Wildman–Crippen LogP) is 5.38. The number of hydrogen-bond acceptors (Lipinski definition) is 4. The van der Waals surface area contributed by atoms with Crippen LogP contribution in [0.15, 0.2) is 70.9 Å². The summed E-state index contributed by atoms with van der Waals surface area (Å²) in [7, 11) is 0. The summed E-state index contributed by atoms with van der Waals surface area (Å²) in [5.74, 6) is -1.27. The summed E-state index contributed by atoms with van der Waals surface area (Å²) in [5.41, 5.74) is 2.38. The summed E-state index contributed by atoms with van der Waals surface area (Å²) >= 11 is 12.0. The molecule has 0 atom stereocenters. The van der Waals surface area contributed by atoms with Crippen LogP contribution in [0.3, 0.4) is 0 Å². The molecule has 2 aromatic heterocycles. The monoisotopic (exact) mass is 509 g/mol. The second-order valence-corrected chi connectivity index (χ2v) is 8.74. The van der Waals surface area contributed by atoms with Crippen molar-refractivity contribution in [1.29, 1.82) is 0 Å². The van der Waals surface area contributed by atoms with Gasteiger partial charge in [-0.15, -0.1) is 0 Å². The summed E-state index contributed by atoms with van der Waals surface area (Å²) in [6.45, 7) is 0.339. The van der Waals surface area contributed by atoms with Crippen molar-refractivity contribution in [3.05, 3.63) is 99.2 Å². The van der Waals surface area contributed by atoms with Gasteiger partial charge in [0.2, 0.25) is 5.76 Å². The van der Waals surface area contributed by atoms with Crippen LogP contribution in [-0.2, 0) is 17.9 Å². The van der Waals surface area contributed by atoms with Gasteiger partial charge in [-0.3, -0.25) is 9.69 Å². The molecule has 3 amide bonds. The third-order valence-electron chi connectivity index (χ3n) is 5.60. The highest BCUT2D eigenvalue weighted by atomic mass is 35.5. The molecule has 35 heavy (non-hydrogen) atoms. The van der Waals surface area contributed by atoms with Crippen LogP contribution in [0.5, 0.6) is 0 Å². The molecule has 2 N–H and O–H groups in total. The van der Waals surface area contributed by atoms with E-state index in [1.165, 1.54) is 6.07 Å². The van der Waals surface area contributed by atoms with Crippen molar-refractivity contribution in [2.45, 2.75) is 13.1 Å². The van der Waals surface area contributed by atoms with Gasteiger partial charge >= 0.3 is 12.0 Å². The summed E-state index contributed by atoms with van der Waals surface area (Å²) in [6, 6.07) is 15.0. The van der Waals surface area contributed by atoms with Gasteiger partial charge in [0.1, 0.15) is 11.5 Å². The van der Waals surface area contributed by atoms with Crippen LogP contribution in [0.25, 0.3) is 17.0 Å². The van der Waals surface area contributed by atoms with Crippen LogP contribution >= 0.6 is 23.2 Å². The molecule has 0 radical (unpaired) electrons. The number of benzene rings is 2. The molecule has 0 bridgehead atoms. The molecule has 4 aromatic rings. The van der Waals surface area contributed by atoms with Crippen LogP contribution in [0.1, 0.15) is 27.4 Å². The van der Waals surface area contributed by atoms with Crippen molar-refractivity contribution in [3.8, 4) is 0 Å². The molecule has 2 aromatic carbocycles. The Bertz CT molecular complexity index is 1540. The quantitative estimate of drug-likeness (QED) is 0.268. The Hall–Kier alpha value is -4.01. The molecule has 1 aliphatic heterocycles. The third-order valence-corrected chi connectivity index (χ3v) is 6.34. The van der Waals surface area contributed by atoms with E-state index < -0.39 is 17.9 Å². The average Bonchev–Trinajstić information content (AvgIpc) is 3.51. The van der Waals surface area contributed by atoms with Gasteiger partial charge < -0.3 is 19.4 Å². The van der Waals surface area contributed by atoms with Gasteiger partial charge in [0.25, 0.3) is 5.91 Å². The van der Waals surface area contributed by atoms with E-state index in [9.17, 15) is 14.4 Å². The fourth-order valence-corrected chi connectivity index (χ4v) is 4.28. The second-order valence-electron chi connectivity index (χ2n) is 7.93. The summed E-state index contributed by atoms with van der Waals surface area (Å²) in [4.78, 5) is 37.8.